The molecule has 3 aromatic carbocycles. The summed E-state index contributed by atoms with van der Waals surface area (Å²) < 4.78 is 41.6. The highest BCUT2D eigenvalue weighted by molar-refractivity contribution is 6.31. The van der Waals surface area contributed by atoms with Gasteiger partial charge < -0.3 is 0 Å². The smallest absolute Gasteiger partial charge is 0.145 e. The van der Waals surface area contributed by atoms with Gasteiger partial charge in [0, 0.05) is 16.7 Å². The summed E-state index contributed by atoms with van der Waals surface area (Å²) in [6, 6.07) is 14.2. The number of aryl methyl sites for hydroxylation is 1. The molecule has 0 bridgehead atoms. The molecule has 0 nitrogen and oxygen atoms in total. The Balaban J connectivity index is 1.85. The Morgan fingerprint density at radius 3 is 1.96 bits per heavy atom. The zero-order chi connectivity index (χ0) is 19.4. The van der Waals surface area contributed by atoms with Gasteiger partial charge >= 0.3 is 0 Å². The second-order valence-corrected chi connectivity index (χ2v) is 6.52. The number of halogens is 4. The summed E-state index contributed by atoms with van der Waals surface area (Å²) in [5.41, 5.74) is 2.72. The average Bonchev–Trinajstić information content (AvgIpc) is 2.65. The summed E-state index contributed by atoms with van der Waals surface area (Å²) >= 11 is 5.47. The molecule has 0 atom stereocenters. The Labute approximate surface area is 161 Å². The lowest BCUT2D eigenvalue weighted by Gasteiger charge is -2.06. The SMILES string of the molecule is CCCc1ccc(C#Cc2ccc(-c3cc(F)c(Cl)c(F)c3)c(F)c2)cc1. The van der Waals surface area contributed by atoms with Crippen LogP contribution in [0.5, 0.6) is 0 Å². The average molecular weight is 385 g/mol. The molecule has 0 aliphatic carbocycles. The second-order valence-electron chi connectivity index (χ2n) is 6.15. The Hall–Kier alpha value is -2.70. The number of hydrogen-bond donors (Lipinski definition) is 0. The largest absolute Gasteiger partial charge is 0.206 e. The van der Waals surface area contributed by atoms with Gasteiger partial charge in [-0.15, -0.1) is 0 Å². The van der Waals surface area contributed by atoms with Crippen molar-refractivity contribution in [3.8, 4) is 23.0 Å². The maximum Gasteiger partial charge on any atom is 0.145 e. The first-order valence-corrected chi connectivity index (χ1v) is 8.91. The molecular formula is C23H16ClF3. The molecule has 4 heteroatoms. The minimum absolute atomic E-state index is 0.0814. The lowest BCUT2D eigenvalue weighted by molar-refractivity contribution is 0.584. The lowest BCUT2D eigenvalue weighted by atomic mass is 10.0. The van der Waals surface area contributed by atoms with Crippen LogP contribution in [-0.2, 0) is 6.42 Å². The van der Waals surface area contributed by atoms with Crippen LogP contribution in [0.4, 0.5) is 13.2 Å². The van der Waals surface area contributed by atoms with Crippen molar-refractivity contribution in [2.24, 2.45) is 0 Å². The van der Waals surface area contributed by atoms with Crippen LogP contribution < -0.4 is 0 Å². The predicted molar refractivity (Wildman–Crippen MR) is 103 cm³/mol. The predicted octanol–water partition coefficient (Wildman–Crippen LogP) is 6.78. The minimum atomic E-state index is -0.929. The van der Waals surface area contributed by atoms with E-state index in [0.717, 1.165) is 30.5 Å². The van der Waals surface area contributed by atoms with E-state index < -0.39 is 22.5 Å². The van der Waals surface area contributed by atoms with E-state index >= 15 is 0 Å². The van der Waals surface area contributed by atoms with Crippen molar-refractivity contribution < 1.29 is 13.2 Å². The fourth-order valence-electron chi connectivity index (χ4n) is 2.73. The van der Waals surface area contributed by atoms with Gasteiger partial charge in [0.25, 0.3) is 0 Å². The summed E-state index contributed by atoms with van der Waals surface area (Å²) in [6.45, 7) is 2.12. The highest BCUT2D eigenvalue weighted by Gasteiger charge is 2.13. The highest BCUT2D eigenvalue weighted by Crippen LogP contribution is 2.29. The third kappa shape index (κ3) is 4.53. The fraction of sp³-hybridized carbons (Fsp3) is 0.130. The van der Waals surface area contributed by atoms with E-state index in [2.05, 4.69) is 18.8 Å². The quantitative estimate of drug-likeness (QED) is 0.345. The molecule has 3 rings (SSSR count). The first-order chi connectivity index (χ1) is 13.0. The van der Waals surface area contributed by atoms with Crippen molar-refractivity contribution in [2.75, 3.05) is 0 Å². The van der Waals surface area contributed by atoms with Crippen LogP contribution in [0, 0.1) is 29.3 Å². The van der Waals surface area contributed by atoms with Crippen molar-refractivity contribution in [2.45, 2.75) is 19.8 Å². The monoisotopic (exact) mass is 384 g/mol. The van der Waals surface area contributed by atoms with Crippen LogP contribution >= 0.6 is 11.6 Å². The van der Waals surface area contributed by atoms with Gasteiger partial charge in [-0.25, -0.2) is 13.2 Å². The van der Waals surface area contributed by atoms with Gasteiger partial charge in [-0.2, -0.15) is 0 Å². The molecule has 0 aromatic heterocycles. The van der Waals surface area contributed by atoms with Crippen LogP contribution in [0.3, 0.4) is 0 Å². The van der Waals surface area contributed by atoms with Crippen LogP contribution in [0.25, 0.3) is 11.1 Å². The fourth-order valence-corrected chi connectivity index (χ4v) is 2.83. The maximum absolute atomic E-state index is 14.4. The molecule has 27 heavy (non-hydrogen) atoms. The van der Waals surface area contributed by atoms with E-state index in [9.17, 15) is 13.2 Å². The van der Waals surface area contributed by atoms with E-state index in [1.807, 2.05) is 24.3 Å². The first kappa shape index (κ1) is 19.1. The molecule has 0 amide bonds. The number of rotatable bonds is 3. The third-order valence-electron chi connectivity index (χ3n) is 4.11. The second kappa shape index (κ2) is 8.33. The van der Waals surface area contributed by atoms with Crippen LogP contribution in [0.1, 0.15) is 30.0 Å². The van der Waals surface area contributed by atoms with Crippen molar-refractivity contribution in [1.82, 2.24) is 0 Å². The maximum atomic E-state index is 14.4. The highest BCUT2D eigenvalue weighted by atomic mass is 35.5. The Kier molecular flexibility index (Phi) is 5.88. The van der Waals surface area contributed by atoms with Gasteiger partial charge in [-0.05, 0) is 53.9 Å². The van der Waals surface area contributed by atoms with Crippen molar-refractivity contribution in [1.29, 1.82) is 0 Å². The van der Waals surface area contributed by atoms with Gasteiger partial charge in [0.2, 0.25) is 0 Å². The zero-order valence-corrected chi connectivity index (χ0v) is 15.4. The number of hydrogen-bond acceptors (Lipinski definition) is 0. The van der Waals surface area contributed by atoms with Crippen molar-refractivity contribution in [3.63, 3.8) is 0 Å². The Morgan fingerprint density at radius 2 is 1.37 bits per heavy atom. The van der Waals surface area contributed by atoms with Gasteiger partial charge in [0.05, 0.1) is 0 Å². The van der Waals surface area contributed by atoms with Crippen molar-refractivity contribution >= 4 is 11.6 Å². The minimum Gasteiger partial charge on any atom is -0.206 e. The molecule has 0 fully saturated rings. The molecule has 0 radical (unpaired) electrons. The topological polar surface area (TPSA) is 0 Å². The molecule has 3 aromatic rings. The molecule has 0 heterocycles. The molecule has 0 aliphatic rings. The molecular weight excluding hydrogens is 369 g/mol. The van der Waals surface area contributed by atoms with E-state index in [1.165, 1.54) is 17.7 Å². The summed E-state index contributed by atoms with van der Waals surface area (Å²) in [7, 11) is 0. The zero-order valence-electron chi connectivity index (χ0n) is 14.6. The summed E-state index contributed by atoms with van der Waals surface area (Å²) in [4.78, 5) is 0. The molecule has 0 unspecified atom stereocenters. The Morgan fingerprint density at radius 1 is 0.778 bits per heavy atom. The van der Waals surface area contributed by atoms with Gasteiger partial charge in [-0.1, -0.05) is 55.0 Å². The van der Waals surface area contributed by atoms with E-state index in [-0.39, 0.29) is 11.1 Å². The molecule has 136 valence electrons. The Bertz CT molecular complexity index is 1000. The summed E-state index contributed by atoms with van der Waals surface area (Å²) in [5.74, 6) is 3.42. The molecule has 0 aliphatic heterocycles. The lowest BCUT2D eigenvalue weighted by Crippen LogP contribution is -1.91. The van der Waals surface area contributed by atoms with Crippen LogP contribution in [-0.4, -0.2) is 0 Å². The van der Waals surface area contributed by atoms with Gasteiger partial charge in [0.15, 0.2) is 0 Å². The molecule has 0 saturated heterocycles. The standard InChI is InChI=1S/C23H16ClF3/c1-2-3-15-4-6-16(7-5-15)8-9-17-10-11-19(20(25)12-17)18-13-21(26)23(24)22(27)14-18/h4-7,10-14H,2-3H2,1H3. The number of benzene rings is 3. The summed E-state index contributed by atoms with van der Waals surface area (Å²) in [5, 5.41) is -0.605. The first-order valence-electron chi connectivity index (χ1n) is 8.53. The van der Waals surface area contributed by atoms with E-state index in [1.54, 1.807) is 6.07 Å². The van der Waals surface area contributed by atoms with Crippen LogP contribution in [0.2, 0.25) is 5.02 Å². The third-order valence-corrected chi connectivity index (χ3v) is 4.47. The molecule has 0 saturated carbocycles. The van der Waals surface area contributed by atoms with Gasteiger partial charge in [0.1, 0.15) is 22.5 Å². The van der Waals surface area contributed by atoms with E-state index in [0.29, 0.717) is 5.56 Å². The molecule has 0 N–H and O–H groups in total. The van der Waals surface area contributed by atoms with Crippen molar-refractivity contribution in [3.05, 3.63) is 93.8 Å². The van der Waals surface area contributed by atoms with E-state index in [4.69, 9.17) is 11.6 Å². The van der Waals surface area contributed by atoms with Crippen LogP contribution in [0.15, 0.2) is 54.6 Å². The molecule has 0 spiro atoms. The van der Waals surface area contributed by atoms with Gasteiger partial charge in [-0.3, -0.25) is 0 Å². The summed E-state index contributed by atoms with van der Waals surface area (Å²) in [6.07, 6.45) is 2.10. The normalized spacial score (nSPS) is 10.4.